The molecular formula is C32H32N6O6S2. The lowest BCUT2D eigenvalue weighted by atomic mass is 10.1. The van der Waals surface area contributed by atoms with Gasteiger partial charge in [-0.3, -0.25) is 18.6 Å². The Morgan fingerprint density at radius 2 is 1.67 bits per heavy atom. The maximum atomic E-state index is 13.3. The fraction of sp³-hybridized carbons (Fsp3) is 0.188. The van der Waals surface area contributed by atoms with Crippen LogP contribution in [0.2, 0.25) is 0 Å². The second-order valence-electron chi connectivity index (χ2n) is 10.3. The summed E-state index contributed by atoms with van der Waals surface area (Å²) < 4.78 is 34.0. The number of imidazole rings is 1. The Labute approximate surface area is 269 Å². The number of nitrogens with zero attached hydrogens (tertiary/aromatic N) is 2. The van der Waals surface area contributed by atoms with Gasteiger partial charge in [0.1, 0.15) is 22.6 Å². The van der Waals surface area contributed by atoms with Crippen LogP contribution in [0.15, 0.2) is 99.9 Å². The predicted octanol–water partition coefficient (Wildman–Crippen LogP) is 2.86. The van der Waals surface area contributed by atoms with Crippen LogP contribution in [0.5, 0.6) is 0 Å². The van der Waals surface area contributed by atoms with Crippen LogP contribution in [0.4, 0.5) is 5.95 Å². The number of hydrogen-bond donors (Lipinski definition) is 4. The maximum absolute atomic E-state index is 13.3. The fourth-order valence-electron chi connectivity index (χ4n) is 4.76. The zero-order valence-electron chi connectivity index (χ0n) is 25.2. The SMILES string of the molecule is COC(=O)[C@H](CNC(=O)c1cn(C)c2cc(CNc3ncc[nH]3)ccc2c1=O)NS(=O)c1ccc(-c2ccc(S(C)=O)cc2)cc1. The number of aromatic nitrogens is 3. The number of aryl methyl sites for hydroxylation is 1. The van der Waals surface area contributed by atoms with Crippen LogP contribution in [-0.4, -0.2) is 60.8 Å². The van der Waals surface area contributed by atoms with Crippen LogP contribution in [0.1, 0.15) is 15.9 Å². The summed E-state index contributed by atoms with van der Waals surface area (Å²) in [6, 6.07) is 18.4. The molecule has 0 aliphatic rings. The van der Waals surface area contributed by atoms with Gasteiger partial charge in [0.2, 0.25) is 5.43 Å². The minimum absolute atomic E-state index is 0.102. The molecule has 238 valence electrons. The fourth-order valence-corrected chi connectivity index (χ4v) is 6.24. The third-order valence-corrected chi connectivity index (χ3v) is 9.38. The smallest absolute Gasteiger partial charge is 0.325 e. The molecule has 5 aromatic rings. The summed E-state index contributed by atoms with van der Waals surface area (Å²) in [5.74, 6) is -0.798. The molecule has 14 heteroatoms. The van der Waals surface area contributed by atoms with Crippen LogP contribution in [0.25, 0.3) is 22.0 Å². The number of pyridine rings is 1. The lowest BCUT2D eigenvalue weighted by Gasteiger charge is -2.17. The number of methoxy groups -OCH3 is 1. The first-order valence-electron chi connectivity index (χ1n) is 14.1. The molecule has 0 radical (unpaired) electrons. The average Bonchev–Trinajstić information content (AvgIpc) is 3.60. The van der Waals surface area contributed by atoms with E-state index in [9.17, 15) is 22.8 Å². The Morgan fingerprint density at radius 1 is 1.00 bits per heavy atom. The number of benzene rings is 3. The topological polar surface area (TPSA) is 164 Å². The molecule has 0 aliphatic heterocycles. The summed E-state index contributed by atoms with van der Waals surface area (Å²) in [4.78, 5) is 47.2. The van der Waals surface area contributed by atoms with E-state index in [0.717, 1.165) is 21.6 Å². The molecule has 0 spiro atoms. The highest BCUT2D eigenvalue weighted by molar-refractivity contribution is 7.84. The number of carbonyl (C=O) groups excluding carboxylic acids is 2. The summed E-state index contributed by atoms with van der Waals surface area (Å²) in [7, 11) is 0.0152. The number of rotatable bonds is 12. The quantitative estimate of drug-likeness (QED) is 0.149. The number of amides is 1. The van der Waals surface area contributed by atoms with Gasteiger partial charge in [-0.1, -0.05) is 30.3 Å². The number of hydrogen-bond acceptors (Lipinski definition) is 8. The van der Waals surface area contributed by atoms with Crippen LogP contribution >= 0.6 is 0 Å². The highest BCUT2D eigenvalue weighted by atomic mass is 32.2. The molecule has 46 heavy (non-hydrogen) atoms. The Kier molecular flexibility index (Phi) is 10.2. The number of aromatic amines is 1. The summed E-state index contributed by atoms with van der Waals surface area (Å²) in [5, 5.41) is 6.12. The van der Waals surface area contributed by atoms with Crippen molar-refractivity contribution in [2.45, 2.75) is 22.4 Å². The molecule has 4 N–H and O–H groups in total. The Morgan fingerprint density at radius 3 is 2.28 bits per heavy atom. The molecule has 1 amide bonds. The first kappa shape index (κ1) is 32.5. The van der Waals surface area contributed by atoms with Crippen LogP contribution in [0, 0.1) is 0 Å². The predicted molar refractivity (Wildman–Crippen MR) is 177 cm³/mol. The van der Waals surface area contributed by atoms with Gasteiger partial charge >= 0.3 is 5.97 Å². The van der Waals surface area contributed by atoms with Gasteiger partial charge in [0.25, 0.3) is 5.91 Å². The molecule has 0 saturated carbocycles. The molecule has 2 aromatic heterocycles. The lowest BCUT2D eigenvalue weighted by Crippen LogP contribution is -2.47. The third-order valence-electron chi connectivity index (χ3n) is 7.25. The third kappa shape index (κ3) is 7.47. The van der Waals surface area contributed by atoms with Crippen molar-refractivity contribution in [3.05, 3.63) is 107 Å². The van der Waals surface area contributed by atoms with Gasteiger partial charge in [-0.25, -0.2) is 13.9 Å². The van der Waals surface area contributed by atoms with Gasteiger partial charge in [-0.05, 0) is 53.1 Å². The number of H-pyrrole nitrogens is 1. The molecule has 0 saturated heterocycles. The van der Waals surface area contributed by atoms with Crippen molar-refractivity contribution in [2.24, 2.45) is 7.05 Å². The zero-order chi connectivity index (χ0) is 32.8. The van der Waals surface area contributed by atoms with E-state index < -0.39 is 45.1 Å². The molecule has 3 atom stereocenters. The number of esters is 1. The number of nitrogens with one attached hydrogen (secondary N) is 4. The molecule has 5 rings (SSSR count). The first-order valence-corrected chi connectivity index (χ1v) is 16.8. The van der Waals surface area contributed by atoms with Crippen molar-refractivity contribution in [2.75, 3.05) is 25.2 Å². The Bertz CT molecular complexity index is 1980. The van der Waals surface area contributed by atoms with Gasteiger partial charge in [-0.2, -0.15) is 0 Å². The van der Waals surface area contributed by atoms with Crippen molar-refractivity contribution in [1.82, 2.24) is 24.6 Å². The highest BCUT2D eigenvalue weighted by Gasteiger charge is 2.24. The van der Waals surface area contributed by atoms with E-state index in [1.165, 1.54) is 13.3 Å². The average molecular weight is 661 g/mol. The van der Waals surface area contributed by atoms with Crippen molar-refractivity contribution < 1.29 is 22.7 Å². The van der Waals surface area contributed by atoms with E-state index in [-0.39, 0.29) is 12.1 Å². The van der Waals surface area contributed by atoms with Crippen molar-refractivity contribution in [1.29, 1.82) is 0 Å². The normalized spacial score (nSPS) is 13.1. The molecule has 0 fully saturated rings. The van der Waals surface area contributed by atoms with Gasteiger partial charge in [0, 0.05) is 66.1 Å². The second-order valence-corrected chi connectivity index (χ2v) is 12.9. The zero-order valence-corrected chi connectivity index (χ0v) is 26.9. The molecule has 0 bridgehead atoms. The minimum atomic E-state index is -1.83. The Hall–Kier alpha value is -4.92. The number of fused-ring (bicyclic) bond motifs is 1. The van der Waals surface area contributed by atoms with Gasteiger partial charge in [0.15, 0.2) is 5.95 Å². The van der Waals surface area contributed by atoms with Gasteiger partial charge in [-0.15, -0.1) is 0 Å². The van der Waals surface area contributed by atoms with E-state index in [1.807, 2.05) is 18.2 Å². The van der Waals surface area contributed by atoms with Crippen LogP contribution < -0.4 is 20.8 Å². The van der Waals surface area contributed by atoms with E-state index in [4.69, 9.17) is 4.74 Å². The van der Waals surface area contributed by atoms with E-state index in [2.05, 4.69) is 25.3 Å². The second kappa shape index (κ2) is 14.5. The van der Waals surface area contributed by atoms with E-state index >= 15 is 0 Å². The van der Waals surface area contributed by atoms with E-state index in [1.54, 1.807) is 78.8 Å². The highest BCUT2D eigenvalue weighted by Crippen LogP contribution is 2.22. The van der Waals surface area contributed by atoms with Crippen LogP contribution in [-0.2, 0) is 44.9 Å². The van der Waals surface area contributed by atoms with E-state index in [0.29, 0.717) is 28.3 Å². The first-order chi connectivity index (χ1) is 22.1. The van der Waals surface area contributed by atoms with Gasteiger partial charge < -0.3 is 24.9 Å². The van der Waals surface area contributed by atoms with Crippen molar-refractivity contribution >= 4 is 50.5 Å². The molecule has 3 aromatic carbocycles. The minimum Gasteiger partial charge on any atom is -0.468 e. The Balaban J connectivity index is 1.25. The number of anilines is 1. The molecule has 2 unspecified atom stereocenters. The largest absolute Gasteiger partial charge is 0.468 e. The molecular weight excluding hydrogens is 629 g/mol. The van der Waals surface area contributed by atoms with Crippen molar-refractivity contribution in [3.8, 4) is 11.1 Å². The van der Waals surface area contributed by atoms with Crippen LogP contribution in [0.3, 0.4) is 0 Å². The van der Waals surface area contributed by atoms with Gasteiger partial charge in [0.05, 0.1) is 17.5 Å². The van der Waals surface area contributed by atoms with Crippen molar-refractivity contribution in [3.63, 3.8) is 0 Å². The standard InChI is InChI=1S/C32H32N6O6S2/c1-38-19-26(29(39)25-13-4-20(16-28(25)38)17-36-32-33-14-15-34-32)30(40)35-18-27(31(41)44-2)37-46(43)24-11-7-22(8-12-24)21-5-9-23(10-6-21)45(3)42/h4-16,19,27,37H,17-18H2,1-3H3,(H,35,40)(H2,33,34,36)/t27-,45?,46?/m0/s1. The molecule has 12 nitrogen and oxygen atoms in total. The summed E-state index contributed by atoms with van der Waals surface area (Å²) in [6.07, 6.45) is 6.41. The summed E-state index contributed by atoms with van der Waals surface area (Å²) in [5.41, 5.74) is 2.76. The number of ether oxygens (including phenoxy) is 1. The monoisotopic (exact) mass is 660 g/mol. The maximum Gasteiger partial charge on any atom is 0.325 e. The number of carbonyl (C=O) groups is 2. The summed E-state index contributed by atoms with van der Waals surface area (Å²) >= 11 is 0. The lowest BCUT2D eigenvalue weighted by molar-refractivity contribution is -0.142. The molecule has 2 heterocycles. The summed E-state index contributed by atoms with van der Waals surface area (Å²) in [6.45, 7) is 0.198. The molecule has 0 aliphatic carbocycles.